The van der Waals surface area contributed by atoms with E-state index in [4.69, 9.17) is 9.84 Å². The van der Waals surface area contributed by atoms with Crippen molar-refractivity contribution in [2.45, 2.75) is 19.1 Å². The highest BCUT2D eigenvalue weighted by Gasteiger charge is 2.22. The summed E-state index contributed by atoms with van der Waals surface area (Å²) < 4.78 is 6.84. The molecule has 1 aromatic rings. The summed E-state index contributed by atoms with van der Waals surface area (Å²) in [6.45, 7) is 0.542. The van der Waals surface area contributed by atoms with Crippen molar-refractivity contribution in [2.24, 2.45) is 5.92 Å². The Morgan fingerprint density at radius 3 is 2.88 bits per heavy atom. The zero-order chi connectivity index (χ0) is 11.5. The predicted molar refractivity (Wildman–Crippen MR) is 56.1 cm³/mol. The van der Waals surface area contributed by atoms with Crippen LogP contribution in [0.4, 0.5) is 0 Å². The van der Waals surface area contributed by atoms with Crippen molar-refractivity contribution in [3.8, 4) is 0 Å². The molecular weight excluding hydrogens is 212 g/mol. The Bertz CT molecular complexity index is 456. The predicted octanol–water partition coefficient (Wildman–Crippen LogP) is -0.546. The van der Waals surface area contributed by atoms with E-state index in [9.17, 15) is 9.59 Å². The van der Waals surface area contributed by atoms with Crippen molar-refractivity contribution in [2.75, 3.05) is 13.2 Å². The second-order valence-corrected chi connectivity index (χ2v) is 3.93. The van der Waals surface area contributed by atoms with E-state index in [-0.39, 0.29) is 18.8 Å². The summed E-state index contributed by atoms with van der Waals surface area (Å²) in [6.07, 6.45) is 2.57. The first kappa shape index (κ1) is 11.1. The lowest BCUT2D eigenvalue weighted by Crippen LogP contribution is -2.35. The van der Waals surface area contributed by atoms with E-state index in [0.717, 1.165) is 6.42 Å². The van der Waals surface area contributed by atoms with Crippen LogP contribution in [0.5, 0.6) is 0 Å². The van der Waals surface area contributed by atoms with Gasteiger partial charge in [-0.05, 0) is 12.8 Å². The van der Waals surface area contributed by atoms with E-state index in [1.807, 2.05) is 0 Å². The molecule has 2 rings (SSSR count). The third-order valence-electron chi connectivity index (χ3n) is 2.77. The Morgan fingerprint density at radius 1 is 1.50 bits per heavy atom. The number of ether oxygens (including phenoxy) is 1. The van der Waals surface area contributed by atoms with Crippen molar-refractivity contribution < 1.29 is 9.84 Å². The zero-order valence-corrected chi connectivity index (χ0v) is 8.76. The summed E-state index contributed by atoms with van der Waals surface area (Å²) in [4.78, 5) is 24.5. The van der Waals surface area contributed by atoms with Gasteiger partial charge in [0.2, 0.25) is 0 Å². The van der Waals surface area contributed by atoms with Crippen molar-refractivity contribution in [1.29, 1.82) is 0 Å². The molecule has 0 radical (unpaired) electrons. The fourth-order valence-corrected chi connectivity index (χ4v) is 1.81. The molecule has 6 heteroatoms. The lowest BCUT2D eigenvalue weighted by Gasteiger charge is -2.28. The summed E-state index contributed by atoms with van der Waals surface area (Å²) in [6, 6.07) is 1.29. The molecule has 0 amide bonds. The van der Waals surface area contributed by atoms with Crippen molar-refractivity contribution in [3.63, 3.8) is 0 Å². The number of aliphatic hydroxyl groups excluding tert-OH is 1. The summed E-state index contributed by atoms with van der Waals surface area (Å²) in [5.41, 5.74) is -0.870. The highest BCUT2D eigenvalue weighted by molar-refractivity contribution is 4.85. The molecule has 0 aliphatic carbocycles. The smallest absolute Gasteiger partial charge is 0.330 e. The summed E-state index contributed by atoms with van der Waals surface area (Å²) in [7, 11) is 0. The highest BCUT2D eigenvalue weighted by atomic mass is 16.5. The van der Waals surface area contributed by atoms with Gasteiger partial charge in [0.25, 0.3) is 5.56 Å². The first-order valence-corrected chi connectivity index (χ1v) is 5.24. The Labute approximate surface area is 91.5 Å². The minimum atomic E-state index is -0.458. The van der Waals surface area contributed by atoms with Gasteiger partial charge >= 0.3 is 5.69 Å². The molecule has 0 saturated carbocycles. The van der Waals surface area contributed by atoms with E-state index < -0.39 is 11.2 Å². The molecule has 6 nitrogen and oxygen atoms in total. The number of nitrogens with zero attached hydrogens (tertiary/aromatic N) is 1. The molecule has 2 heterocycles. The molecule has 1 aromatic heterocycles. The Kier molecular flexibility index (Phi) is 3.21. The summed E-state index contributed by atoms with van der Waals surface area (Å²) >= 11 is 0. The van der Waals surface area contributed by atoms with Crippen LogP contribution in [0.3, 0.4) is 0 Å². The van der Waals surface area contributed by atoms with Crippen LogP contribution in [0.15, 0.2) is 21.9 Å². The molecule has 16 heavy (non-hydrogen) atoms. The van der Waals surface area contributed by atoms with E-state index in [1.54, 1.807) is 0 Å². The summed E-state index contributed by atoms with van der Waals surface area (Å²) in [5.74, 6) is 0.148. The first-order chi connectivity index (χ1) is 7.70. The lowest BCUT2D eigenvalue weighted by atomic mass is 10.0. The van der Waals surface area contributed by atoms with E-state index in [2.05, 4.69) is 4.98 Å². The third kappa shape index (κ3) is 2.23. The van der Waals surface area contributed by atoms with Gasteiger partial charge in [-0.15, -0.1) is 0 Å². The Balaban J connectivity index is 2.14. The van der Waals surface area contributed by atoms with Gasteiger partial charge < -0.3 is 9.84 Å². The highest BCUT2D eigenvalue weighted by Crippen LogP contribution is 2.24. The molecule has 88 valence electrons. The number of rotatable bonds is 2. The summed E-state index contributed by atoms with van der Waals surface area (Å²) in [5, 5.41) is 8.94. The maximum Gasteiger partial charge on any atom is 0.330 e. The van der Waals surface area contributed by atoms with Crippen LogP contribution in [-0.2, 0) is 4.74 Å². The SMILES string of the molecule is O=c1ccn(C2CCC(CO)CO2)c(=O)[nH]1. The number of hydrogen-bond donors (Lipinski definition) is 2. The minimum absolute atomic E-state index is 0.104. The molecular formula is C10H14N2O4. The average Bonchev–Trinajstić information content (AvgIpc) is 2.29. The van der Waals surface area contributed by atoms with Crippen LogP contribution in [-0.4, -0.2) is 27.9 Å². The number of hydrogen-bond acceptors (Lipinski definition) is 4. The monoisotopic (exact) mass is 226 g/mol. The van der Waals surface area contributed by atoms with Crippen LogP contribution in [0.2, 0.25) is 0 Å². The van der Waals surface area contributed by atoms with Gasteiger partial charge in [0.15, 0.2) is 0 Å². The van der Waals surface area contributed by atoms with E-state index >= 15 is 0 Å². The number of nitrogens with one attached hydrogen (secondary N) is 1. The van der Waals surface area contributed by atoms with Gasteiger partial charge in [-0.2, -0.15) is 0 Å². The largest absolute Gasteiger partial charge is 0.396 e. The average molecular weight is 226 g/mol. The van der Waals surface area contributed by atoms with Crippen molar-refractivity contribution >= 4 is 0 Å². The Morgan fingerprint density at radius 2 is 2.31 bits per heavy atom. The fourth-order valence-electron chi connectivity index (χ4n) is 1.81. The second-order valence-electron chi connectivity index (χ2n) is 3.93. The molecule has 1 saturated heterocycles. The van der Waals surface area contributed by atoms with Crippen LogP contribution in [0.25, 0.3) is 0 Å². The van der Waals surface area contributed by atoms with Gasteiger partial charge in [0, 0.05) is 24.8 Å². The van der Waals surface area contributed by atoms with Gasteiger partial charge in [-0.3, -0.25) is 14.3 Å². The first-order valence-electron chi connectivity index (χ1n) is 5.24. The van der Waals surface area contributed by atoms with Crippen LogP contribution < -0.4 is 11.2 Å². The molecule has 2 unspecified atom stereocenters. The minimum Gasteiger partial charge on any atom is -0.396 e. The normalized spacial score (nSPS) is 25.6. The van der Waals surface area contributed by atoms with Crippen LogP contribution >= 0.6 is 0 Å². The molecule has 1 aliphatic rings. The quantitative estimate of drug-likeness (QED) is 0.709. The number of aliphatic hydroxyl groups is 1. The number of aromatic amines is 1. The van der Waals surface area contributed by atoms with Crippen LogP contribution in [0, 0.1) is 5.92 Å². The molecule has 0 spiro atoms. The molecule has 0 bridgehead atoms. The van der Waals surface area contributed by atoms with Crippen molar-refractivity contribution in [1.82, 2.24) is 9.55 Å². The Hall–Kier alpha value is -1.40. The molecule has 0 aromatic carbocycles. The van der Waals surface area contributed by atoms with Crippen LogP contribution in [0.1, 0.15) is 19.1 Å². The fraction of sp³-hybridized carbons (Fsp3) is 0.600. The molecule has 2 N–H and O–H groups in total. The standard InChI is InChI=1S/C10H14N2O4/c13-5-7-1-2-9(16-6-7)12-4-3-8(14)11-10(12)15/h3-4,7,9,13H,1-2,5-6H2,(H,11,14,15). The molecule has 1 fully saturated rings. The number of H-pyrrole nitrogens is 1. The van der Waals surface area contributed by atoms with Crippen molar-refractivity contribution in [3.05, 3.63) is 33.1 Å². The van der Waals surface area contributed by atoms with E-state index in [0.29, 0.717) is 13.0 Å². The van der Waals surface area contributed by atoms with Gasteiger partial charge in [-0.25, -0.2) is 4.79 Å². The van der Waals surface area contributed by atoms with E-state index in [1.165, 1.54) is 16.8 Å². The maximum atomic E-state index is 11.5. The topological polar surface area (TPSA) is 84.3 Å². The molecule has 1 aliphatic heterocycles. The third-order valence-corrected chi connectivity index (χ3v) is 2.77. The zero-order valence-electron chi connectivity index (χ0n) is 8.76. The van der Waals surface area contributed by atoms with Gasteiger partial charge in [-0.1, -0.05) is 0 Å². The second kappa shape index (κ2) is 4.63. The van der Waals surface area contributed by atoms with Gasteiger partial charge in [0.1, 0.15) is 6.23 Å². The number of aromatic nitrogens is 2. The van der Waals surface area contributed by atoms with Gasteiger partial charge in [0.05, 0.1) is 6.61 Å². The maximum absolute atomic E-state index is 11.5. The lowest BCUT2D eigenvalue weighted by molar-refractivity contribution is -0.0709. The molecule has 2 atom stereocenters.